The molecule has 2 aromatic rings. The first-order valence-electron chi connectivity index (χ1n) is 7.87. The average Bonchev–Trinajstić information content (AvgIpc) is 3.32. The van der Waals surface area contributed by atoms with Crippen LogP contribution in [0.5, 0.6) is 0 Å². The molecule has 3 N–H and O–H groups in total. The molecule has 4 nitrogen and oxygen atoms in total. The summed E-state index contributed by atoms with van der Waals surface area (Å²) in [4.78, 5) is 14.1. The highest BCUT2D eigenvalue weighted by atomic mass is 32.1. The first kappa shape index (κ1) is 15.3. The monoisotopic (exact) mass is 349 g/mol. The summed E-state index contributed by atoms with van der Waals surface area (Å²) in [5.74, 6) is 0.00754. The Balaban J connectivity index is 1.64. The van der Waals surface area contributed by atoms with E-state index in [0.29, 0.717) is 15.7 Å². The molecular formula is C17H19NO3S2. The van der Waals surface area contributed by atoms with Crippen molar-refractivity contribution in [1.82, 2.24) is 0 Å². The van der Waals surface area contributed by atoms with Crippen LogP contribution in [0.15, 0.2) is 35.0 Å². The average molecular weight is 349 g/mol. The maximum atomic E-state index is 12.9. The molecule has 2 heterocycles. The maximum absolute atomic E-state index is 12.9. The molecule has 4 unspecified atom stereocenters. The summed E-state index contributed by atoms with van der Waals surface area (Å²) in [7, 11) is 0. The molecule has 2 saturated carbocycles. The third-order valence-corrected chi connectivity index (χ3v) is 7.13. The number of esters is 1. The Hall–Kier alpha value is -1.21. The molecular weight excluding hydrogens is 330 g/mol. The van der Waals surface area contributed by atoms with E-state index in [0.717, 1.165) is 19.3 Å². The molecule has 2 aliphatic rings. The van der Waals surface area contributed by atoms with Crippen molar-refractivity contribution in [3.8, 4) is 0 Å². The summed E-state index contributed by atoms with van der Waals surface area (Å²) in [5, 5.41) is 14.9. The third kappa shape index (κ3) is 2.36. The van der Waals surface area contributed by atoms with Crippen molar-refractivity contribution in [3.63, 3.8) is 0 Å². The fourth-order valence-electron chi connectivity index (χ4n) is 4.00. The second-order valence-electron chi connectivity index (χ2n) is 6.44. The first-order valence-corrected chi connectivity index (χ1v) is 9.63. The Morgan fingerprint density at radius 1 is 1.22 bits per heavy atom. The normalized spacial score (nSPS) is 29.8. The van der Waals surface area contributed by atoms with Crippen molar-refractivity contribution >= 4 is 28.6 Å². The number of thiophene rings is 2. The Kier molecular flexibility index (Phi) is 3.80. The molecule has 0 amide bonds. The number of hydrogen-bond acceptors (Lipinski definition) is 6. The topological polar surface area (TPSA) is 72.5 Å². The smallest absolute Gasteiger partial charge is 0.349 e. The number of carbonyl (C=O) groups is 1. The summed E-state index contributed by atoms with van der Waals surface area (Å²) >= 11 is 2.73. The molecule has 2 fully saturated rings. The van der Waals surface area contributed by atoms with E-state index in [9.17, 15) is 9.90 Å². The molecule has 2 aromatic heterocycles. The van der Waals surface area contributed by atoms with Crippen molar-refractivity contribution in [2.45, 2.75) is 37.0 Å². The molecule has 2 bridgehead atoms. The number of fused-ring (bicyclic) bond motifs is 2. The minimum atomic E-state index is -1.71. The predicted octanol–water partition coefficient (Wildman–Crippen LogP) is 2.71. The largest absolute Gasteiger partial charge is 0.459 e. The summed E-state index contributed by atoms with van der Waals surface area (Å²) in [6.45, 7) is 0. The number of hydrogen-bond donors (Lipinski definition) is 2. The molecule has 0 spiro atoms. The Labute approximate surface area is 142 Å². The molecule has 4 rings (SSSR count). The zero-order valence-electron chi connectivity index (χ0n) is 12.6. The second-order valence-corrected chi connectivity index (χ2v) is 8.33. The van der Waals surface area contributed by atoms with Crippen LogP contribution in [-0.4, -0.2) is 23.2 Å². The standard InChI is InChI=1S/C17H19NO3S2/c18-12-9-10-5-6-11(12)15(10)21-16(19)17(20,13-3-1-7-22-13)14-4-2-8-23-14/h1-4,7-8,10-12,15,20H,5-6,9,18H2. The molecule has 0 saturated heterocycles. The van der Waals surface area contributed by atoms with Gasteiger partial charge in [0.25, 0.3) is 0 Å². The zero-order chi connectivity index (χ0) is 16.0. The van der Waals surface area contributed by atoms with E-state index in [1.165, 1.54) is 22.7 Å². The first-order chi connectivity index (χ1) is 11.1. The fraction of sp³-hybridized carbons (Fsp3) is 0.471. The highest BCUT2D eigenvalue weighted by molar-refractivity contribution is 7.12. The number of aliphatic hydroxyl groups is 1. The van der Waals surface area contributed by atoms with Crippen LogP contribution in [0.3, 0.4) is 0 Å². The lowest BCUT2D eigenvalue weighted by Crippen LogP contribution is -2.41. The van der Waals surface area contributed by atoms with Gasteiger partial charge in [0.1, 0.15) is 6.10 Å². The second kappa shape index (κ2) is 5.70. The van der Waals surface area contributed by atoms with Crippen molar-refractivity contribution in [1.29, 1.82) is 0 Å². The van der Waals surface area contributed by atoms with E-state index in [1.807, 2.05) is 22.9 Å². The van der Waals surface area contributed by atoms with E-state index in [4.69, 9.17) is 10.5 Å². The number of rotatable bonds is 4. The Bertz CT molecular complexity index is 649. The SMILES string of the molecule is NC1CC2CCC1C2OC(=O)C(O)(c1cccs1)c1cccs1. The molecule has 2 aliphatic carbocycles. The molecule has 0 aromatic carbocycles. The zero-order valence-corrected chi connectivity index (χ0v) is 14.2. The van der Waals surface area contributed by atoms with Crippen molar-refractivity contribution in [2.75, 3.05) is 0 Å². The summed E-state index contributed by atoms with van der Waals surface area (Å²) in [6.07, 6.45) is 2.84. The third-order valence-electron chi connectivity index (χ3n) is 5.18. The van der Waals surface area contributed by atoms with Gasteiger partial charge in [-0.25, -0.2) is 4.79 Å². The maximum Gasteiger partial charge on any atom is 0.349 e. The molecule has 0 radical (unpaired) electrons. The highest BCUT2D eigenvalue weighted by Crippen LogP contribution is 2.47. The minimum Gasteiger partial charge on any atom is -0.459 e. The lowest BCUT2D eigenvalue weighted by atomic mass is 9.96. The van der Waals surface area contributed by atoms with Crippen molar-refractivity contribution in [3.05, 3.63) is 44.8 Å². The van der Waals surface area contributed by atoms with Crippen LogP contribution in [0.1, 0.15) is 29.0 Å². The van der Waals surface area contributed by atoms with Crippen LogP contribution < -0.4 is 5.73 Å². The van der Waals surface area contributed by atoms with Gasteiger partial charge in [-0.15, -0.1) is 22.7 Å². The van der Waals surface area contributed by atoms with Crippen LogP contribution >= 0.6 is 22.7 Å². The van der Waals surface area contributed by atoms with Crippen molar-refractivity contribution in [2.24, 2.45) is 17.6 Å². The number of nitrogens with two attached hydrogens (primary N) is 1. The van der Waals surface area contributed by atoms with Gasteiger partial charge in [0.05, 0.1) is 9.75 Å². The van der Waals surface area contributed by atoms with Crippen LogP contribution in [0, 0.1) is 11.8 Å². The summed E-state index contributed by atoms with van der Waals surface area (Å²) in [5.41, 5.74) is 4.42. The molecule has 23 heavy (non-hydrogen) atoms. The summed E-state index contributed by atoms with van der Waals surface area (Å²) in [6, 6.07) is 7.34. The number of ether oxygens (including phenoxy) is 1. The van der Waals surface area contributed by atoms with Gasteiger partial charge in [-0.1, -0.05) is 12.1 Å². The molecule has 4 atom stereocenters. The quantitative estimate of drug-likeness (QED) is 0.833. The van der Waals surface area contributed by atoms with E-state index in [2.05, 4.69) is 0 Å². The van der Waals surface area contributed by atoms with Crippen LogP contribution in [0.25, 0.3) is 0 Å². The van der Waals surface area contributed by atoms with Gasteiger partial charge in [-0.3, -0.25) is 0 Å². The van der Waals surface area contributed by atoms with Gasteiger partial charge in [0.15, 0.2) is 0 Å². The summed E-state index contributed by atoms with van der Waals surface area (Å²) < 4.78 is 5.83. The lowest BCUT2D eigenvalue weighted by Gasteiger charge is -2.27. The highest BCUT2D eigenvalue weighted by Gasteiger charge is 2.52. The van der Waals surface area contributed by atoms with Gasteiger partial charge < -0.3 is 15.6 Å². The van der Waals surface area contributed by atoms with Gasteiger partial charge in [0.2, 0.25) is 5.60 Å². The molecule has 122 valence electrons. The number of carbonyl (C=O) groups excluding carboxylic acids is 1. The van der Waals surface area contributed by atoms with E-state index < -0.39 is 11.6 Å². The van der Waals surface area contributed by atoms with E-state index in [1.54, 1.807) is 12.1 Å². The Morgan fingerprint density at radius 3 is 2.30 bits per heavy atom. The predicted molar refractivity (Wildman–Crippen MR) is 90.3 cm³/mol. The van der Waals surface area contributed by atoms with Crippen molar-refractivity contribution < 1.29 is 14.6 Å². The van der Waals surface area contributed by atoms with Gasteiger partial charge in [0, 0.05) is 12.0 Å². The fourth-order valence-corrected chi connectivity index (χ4v) is 5.72. The van der Waals surface area contributed by atoms with Gasteiger partial charge in [-0.2, -0.15) is 0 Å². The van der Waals surface area contributed by atoms with Crippen LogP contribution in [0.4, 0.5) is 0 Å². The minimum absolute atomic E-state index is 0.114. The molecule has 0 aliphatic heterocycles. The van der Waals surface area contributed by atoms with Crippen LogP contribution in [-0.2, 0) is 15.1 Å². The Morgan fingerprint density at radius 2 is 1.87 bits per heavy atom. The van der Waals surface area contributed by atoms with Crippen LogP contribution in [0.2, 0.25) is 0 Å². The lowest BCUT2D eigenvalue weighted by molar-refractivity contribution is -0.169. The van der Waals surface area contributed by atoms with E-state index in [-0.39, 0.29) is 18.1 Å². The molecule has 6 heteroatoms. The van der Waals surface area contributed by atoms with Gasteiger partial charge in [-0.05, 0) is 48.1 Å². The van der Waals surface area contributed by atoms with Gasteiger partial charge >= 0.3 is 5.97 Å². The van der Waals surface area contributed by atoms with E-state index >= 15 is 0 Å².